The Morgan fingerprint density at radius 3 is 2.20 bits per heavy atom. The third kappa shape index (κ3) is 4.52. The maximum atomic E-state index is 12.2. The van der Waals surface area contributed by atoms with E-state index in [0.29, 0.717) is 5.69 Å². The molecule has 3 N–H and O–H groups in total. The van der Waals surface area contributed by atoms with Crippen LogP contribution in [0.1, 0.15) is 20.7 Å². The first-order valence-corrected chi connectivity index (χ1v) is 8.68. The molecule has 1 amide bonds. The van der Waals surface area contributed by atoms with Gasteiger partial charge >= 0.3 is 5.97 Å². The zero-order valence-corrected chi connectivity index (χ0v) is 13.9. The molecule has 130 valence electrons. The summed E-state index contributed by atoms with van der Waals surface area (Å²) in [6, 6.07) is 11.3. The summed E-state index contributed by atoms with van der Waals surface area (Å²) in [5.74, 6) is -1.81. The van der Waals surface area contributed by atoms with E-state index >= 15 is 0 Å². The Morgan fingerprint density at radius 2 is 1.64 bits per heavy atom. The Balaban J connectivity index is 2.18. The third-order valence-electron chi connectivity index (χ3n) is 3.24. The lowest BCUT2D eigenvalue weighted by Gasteiger charge is -2.09. The van der Waals surface area contributed by atoms with Crippen molar-refractivity contribution in [1.82, 2.24) is 4.72 Å². The Bertz CT molecular complexity index is 905. The van der Waals surface area contributed by atoms with E-state index < -0.39 is 21.9 Å². The van der Waals surface area contributed by atoms with Crippen LogP contribution < -0.4 is 10.0 Å². The fourth-order valence-electron chi connectivity index (χ4n) is 2.04. The Hall–Kier alpha value is -2.97. The molecule has 0 fully saturated rings. The maximum absolute atomic E-state index is 12.2. The molecule has 0 saturated heterocycles. The van der Waals surface area contributed by atoms with Crippen molar-refractivity contribution in [2.24, 2.45) is 0 Å². The molecule has 0 atom stereocenters. The molecule has 2 rings (SSSR count). The molecule has 25 heavy (non-hydrogen) atoms. The van der Waals surface area contributed by atoms with E-state index in [1.54, 1.807) is 6.07 Å². The van der Waals surface area contributed by atoms with Crippen LogP contribution in [0.3, 0.4) is 0 Å². The molecule has 0 bridgehead atoms. The molecule has 0 aliphatic rings. The van der Waals surface area contributed by atoms with E-state index in [4.69, 9.17) is 5.11 Å². The number of anilines is 1. The van der Waals surface area contributed by atoms with Crippen LogP contribution >= 0.6 is 0 Å². The lowest BCUT2D eigenvalue weighted by molar-refractivity contribution is 0.0692. The normalized spacial score (nSPS) is 10.9. The number of hydrogen-bond donors (Lipinski definition) is 3. The number of carboxylic acids is 1. The molecule has 0 aliphatic heterocycles. The lowest BCUT2D eigenvalue weighted by atomic mass is 10.1. The van der Waals surface area contributed by atoms with Crippen LogP contribution in [0.5, 0.6) is 0 Å². The molecule has 0 radical (unpaired) electrons. The topological polar surface area (TPSA) is 113 Å². The first-order chi connectivity index (χ1) is 11.8. The smallest absolute Gasteiger partial charge is 0.336 e. The van der Waals surface area contributed by atoms with Crippen LogP contribution in [0.2, 0.25) is 0 Å². The molecule has 7 nitrogen and oxygen atoms in total. The van der Waals surface area contributed by atoms with Gasteiger partial charge in [0.2, 0.25) is 10.0 Å². The molecule has 0 heterocycles. The number of sulfonamides is 1. The minimum absolute atomic E-state index is 0.0133. The van der Waals surface area contributed by atoms with Gasteiger partial charge in [-0.3, -0.25) is 4.79 Å². The molecule has 0 aliphatic carbocycles. The summed E-state index contributed by atoms with van der Waals surface area (Å²) in [6.45, 7) is 3.54. The molecule has 0 spiro atoms. The molecular weight excluding hydrogens is 344 g/mol. The van der Waals surface area contributed by atoms with Gasteiger partial charge in [0, 0.05) is 12.2 Å². The molecule has 8 heteroatoms. The van der Waals surface area contributed by atoms with Gasteiger partial charge in [-0.2, -0.15) is 0 Å². The van der Waals surface area contributed by atoms with Crippen LogP contribution in [-0.4, -0.2) is 31.9 Å². The predicted molar refractivity (Wildman–Crippen MR) is 93.2 cm³/mol. The highest BCUT2D eigenvalue weighted by molar-refractivity contribution is 7.89. The van der Waals surface area contributed by atoms with Gasteiger partial charge in [-0.15, -0.1) is 6.58 Å². The van der Waals surface area contributed by atoms with Crippen molar-refractivity contribution in [3.05, 3.63) is 72.3 Å². The van der Waals surface area contributed by atoms with Crippen molar-refractivity contribution in [1.29, 1.82) is 0 Å². The van der Waals surface area contributed by atoms with E-state index in [0.717, 1.165) is 0 Å². The molecule has 2 aromatic carbocycles. The van der Waals surface area contributed by atoms with Gasteiger partial charge in [0.25, 0.3) is 5.91 Å². The highest BCUT2D eigenvalue weighted by atomic mass is 32.2. The van der Waals surface area contributed by atoms with Crippen molar-refractivity contribution in [3.63, 3.8) is 0 Å². The van der Waals surface area contributed by atoms with E-state index in [1.165, 1.54) is 48.5 Å². The first kappa shape index (κ1) is 18.4. The number of aromatic carboxylic acids is 1. The zero-order valence-electron chi connectivity index (χ0n) is 13.1. The fraction of sp³-hybridized carbons (Fsp3) is 0.0588. The summed E-state index contributed by atoms with van der Waals surface area (Å²) in [5.41, 5.74) is 0.236. The average molecular weight is 360 g/mol. The number of benzene rings is 2. The van der Waals surface area contributed by atoms with Crippen LogP contribution in [0, 0.1) is 0 Å². The van der Waals surface area contributed by atoms with Crippen molar-refractivity contribution < 1.29 is 23.1 Å². The Kier molecular flexibility index (Phi) is 5.68. The van der Waals surface area contributed by atoms with Crippen LogP contribution in [-0.2, 0) is 10.0 Å². The minimum Gasteiger partial charge on any atom is -0.478 e. The van der Waals surface area contributed by atoms with Gasteiger partial charge in [-0.05, 0) is 36.4 Å². The van der Waals surface area contributed by atoms with Crippen molar-refractivity contribution in [2.45, 2.75) is 4.90 Å². The average Bonchev–Trinajstić information content (AvgIpc) is 2.60. The van der Waals surface area contributed by atoms with E-state index in [-0.39, 0.29) is 22.6 Å². The lowest BCUT2D eigenvalue weighted by Crippen LogP contribution is -2.23. The monoisotopic (exact) mass is 360 g/mol. The number of rotatable bonds is 7. The summed E-state index contributed by atoms with van der Waals surface area (Å²) in [7, 11) is -3.65. The largest absolute Gasteiger partial charge is 0.478 e. The van der Waals surface area contributed by atoms with Gasteiger partial charge in [0.05, 0.1) is 16.0 Å². The Labute approximate surface area is 145 Å². The Morgan fingerprint density at radius 1 is 1.04 bits per heavy atom. The van der Waals surface area contributed by atoms with Crippen LogP contribution in [0.4, 0.5) is 5.69 Å². The quantitative estimate of drug-likeness (QED) is 0.655. The van der Waals surface area contributed by atoms with Gasteiger partial charge < -0.3 is 10.4 Å². The highest BCUT2D eigenvalue weighted by Gasteiger charge is 2.16. The van der Waals surface area contributed by atoms with Gasteiger partial charge in [0.15, 0.2) is 0 Å². The van der Waals surface area contributed by atoms with E-state index in [1.807, 2.05) is 0 Å². The summed E-state index contributed by atoms with van der Waals surface area (Å²) in [4.78, 5) is 23.4. The number of carbonyl (C=O) groups excluding carboxylic acids is 1. The molecule has 0 aromatic heterocycles. The van der Waals surface area contributed by atoms with Crippen molar-refractivity contribution in [2.75, 3.05) is 11.9 Å². The number of carbonyl (C=O) groups is 2. The molecule has 0 unspecified atom stereocenters. The number of hydrogen-bond acceptors (Lipinski definition) is 4. The fourth-order valence-corrected chi connectivity index (χ4v) is 3.03. The number of carboxylic acid groups (broad SMARTS) is 1. The van der Waals surface area contributed by atoms with Gasteiger partial charge in [0.1, 0.15) is 0 Å². The number of amides is 1. The predicted octanol–water partition coefficient (Wildman–Crippen LogP) is 2.10. The molecule has 2 aromatic rings. The van der Waals surface area contributed by atoms with Gasteiger partial charge in [-0.25, -0.2) is 17.9 Å². The third-order valence-corrected chi connectivity index (χ3v) is 4.68. The SMILES string of the molecule is C=CCNS(=O)(=O)c1ccc(NC(=O)c2ccccc2C(=O)O)cc1. The second kappa shape index (κ2) is 7.73. The van der Waals surface area contributed by atoms with E-state index in [2.05, 4.69) is 16.6 Å². The van der Waals surface area contributed by atoms with Gasteiger partial charge in [-0.1, -0.05) is 18.2 Å². The summed E-state index contributed by atoms with van der Waals surface area (Å²) < 4.78 is 26.2. The summed E-state index contributed by atoms with van der Waals surface area (Å²) in [5, 5.41) is 11.7. The van der Waals surface area contributed by atoms with Crippen molar-refractivity contribution in [3.8, 4) is 0 Å². The van der Waals surface area contributed by atoms with Crippen LogP contribution in [0.15, 0.2) is 66.1 Å². The summed E-state index contributed by atoms with van der Waals surface area (Å²) in [6.07, 6.45) is 1.42. The molecular formula is C17H16N2O5S. The second-order valence-electron chi connectivity index (χ2n) is 4.97. The van der Waals surface area contributed by atoms with Crippen LogP contribution in [0.25, 0.3) is 0 Å². The van der Waals surface area contributed by atoms with E-state index in [9.17, 15) is 18.0 Å². The maximum Gasteiger partial charge on any atom is 0.336 e. The summed E-state index contributed by atoms with van der Waals surface area (Å²) >= 11 is 0. The minimum atomic E-state index is -3.65. The standard InChI is InChI=1S/C17H16N2O5S/c1-2-11-18-25(23,24)13-9-7-12(8-10-13)19-16(20)14-5-3-4-6-15(14)17(21)22/h2-10,18H,1,11H2,(H,19,20)(H,21,22). The zero-order chi connectivity index (χ0) is 18.4. The molecule has 0 saturated carbocycles. The van der Waals surface area contributed by atoms with Crippen molar-refractivity contribution >= 4 is 27.6 Å². The second-order valence-corrected chi connectivity index (χ2v) is 6.74. The number of nitrogens with one attached hydrogen (secondary N) is 2. The highest BCUT2D eigenvalue weighted by Crippen LogP contribution is 2.16. The first-order valence-electron chi connectivity index (χ1n) is 7.19.